The number of para-hydroxylation sites is 1. The molecule has 0 heterocycles. The van der Waals surface area contributed by atoms with Crippen LogP contribution in [0.5, 0.6) is 5.75 Å². The van der Waals surface area contributed by atoms with Gasteiger partial charge in [-0.05, 0) is 31.9 Å². The average Bonchev–Trinajstić information content (AvgIpc) is 2.59. The van der Waals surface area contributed by atoms with Crippen molar-refractivity contribution >= 4 is 11.9 Å². The first-order valence-electron chi connectivity index (χ1n) is 8.60. The Morgan fingerprint density at radius 2 is 1.68 bits per heavy atom. The zero-order valence-electron chi connectivity index (χ0n) is 16.2. The zero-order chi connectivity index (χ0) is 18.0. The van der Waals surface area contributed by atoms with Crippen molar-refractivity contribution in [3.8, 4) is 5.75 Å². The van der Waals surface area contributed by atoms with Gasteiger partial charge in [0.25, 0.3) is 0 Å². The molecule has 0 aromatic heterocycles. The van der Waals surface area contributed by atoms with E-state index in [0.717, 1.165) is 23.4 Å². The first kappa shape index (κ1) is 25.4. The maximum Gasteiger partial charge on any atom is 0.145 e. The molecule has 0 amide bonds. The molecule has 0 aliphatic rings. The maximum absolute atomic E-state index is 5.82. The van der Waals surface area contributed by atoms with E-state index < -0.39 is 0 Å². The van der Waals surface area contributed by atoms with Gasteiger partial charge in [-0.3, -0.25) is 4.99 Å². The van der Waals surface area contributed by atoms with Gasteiger partial charge in [0, 0.05) is 6.21 Å². The first-order chi connectivity index (χ1) is 10.7. The summed E-state index contributed by atoms with van der Waals surface area (Å²) < 4.78 is 5.82. The molecule has 1 rings (SSSR count). The van der Waals surface area contributed by atoms with Gasteiger partial charge in [-0.15, -0.1) is 0 Å². The molecule has 128 valence electrons. The Kier molecular flexibility index (Phi) is 22.4. The van der Waals surface area contributed by atoms with Crippen molar-refractivity contribution in [1.29, 1.82) is 0 Å². The second-order valence-corrected chi connectivity index (χ2v) is 3.77. The molecule has 1 aromatic carbocycles. The summed E-state index contributed by atoms with van der Waals surface area (Å²) in [5.74, 6) is 0.840. The van der Waals surface area contributed by atoms with Crippen LogP contribution in [-0.2, 0) is 0 Å². The highest BCUT2D eigenvalue weighted by atomic mass is 16.5. The van der Waals surface area contributed by atoms with E-state index >= 15 is 0 Å². The van der Waals surface area contributed by atoms with Gasteiger partial charge >= 0.3 is 0 Å². The van der Waals surface area contributed by atoms with Gasteiger partial charge < -0.3 is 4.74 Å². The average molecular weight is 308 g/mol. The van der Waals surface area contributed by atoms with Crippen LogP contribution in [0.3, 0.4) is 0 Å². The predicted octanol–water partition coefficient (Wildman–Crippen LogP) is 7.14. The van der Waals surface area contributed by atoms with Crippen LogP contribution in [0.25, 0.3) is 0 Å². The van der Waals surface area contributed by atoms with Gasteiger partial charge in [-0.2, -0.15) is 0 Å². The molecule has 0 aliphatic heterocycles. The lowest BCUT2D eigenvalue weighted by Crippen LogP contribution is -2.09. The van der Waals surface area contributed by atoms with Crippen LogP contribution in [0.1, 0.15) is 67.4 Å². The minimum atomic E-state index is 0.208. The van der Waals surface area contributed by atoms with E-state index in [1.54, 1.807) is 12.3 Å². The molecule has 0 saturated heterocycles. The van der Waals surface area contributed by atoms with E-state index in [1.165, 1.54) is 0 Å². The number of hydrogen-bond acceptors (Lipinski definition) is 2. The summed E-state index contributed by atoms with van der Waals surface area (Å²) in [5.41, 5.74) is 2.00. The summed E-state index contributed by atoms with van der Waals surface area (Å²) in [6.45, 7) is 21.8. The molecule has 1 unspecified atom stereocenters. The van der Waals surface area contributed by atoms with E-state index in [1.807, 2.05) is 66.7 Å². The molecule has 0 saturated carbocycles. The van der Waals surface area contributed by atoms with Crippen molar-refractivity contribution < 1.29 is 4.74 Å². The van der Waals surface area contributed by atoms with Crippen molar-refractivity contribution in [2.45, 2.75) is 74.8 Å². The van der Waals surface area contributed by atoms with Gasteiger partial charge in [0.05, 0.1) is 6.10 Å². The number of benzene rings is 1. The van der Waals surface area contributed by atoms with Crippen molar-refractivity contribution in [3.05, 3.63) is 36.4 Å². The minimum Gasteiger partial charge on any atom is -0.488 e. The van der Waals surface area contributed by atoms with E-state index in [4.69, 9.17) is 4.74 Å². The third kappa shape index (κ3) is 11.1. The molecule has 0 spiro atoms. The number of rotatable bonds is 5. The van der Waals surface area contributed by atoms with Gasteiger partial charge in [0.15, 0.2) is 0 Å². The van der Waals surface area contributed by atoms with Crippen LogP contribution >= 0.6 is 0 Å². The molecular formula is C20H37NO. The van der Waals surface area contributed by atoms with Crippen molar-refractivity contribution in [3.63, 3.8) is 0 Å². The molecule has 0 bridgehead atoms. The third-order valence-corrected chi connectivity index (χ3v) is 2.41. The number of aliphatic imine (C=N–C) groups is 1. The minimum absolute atomic E-state index is 0.208. The number of hydrogen-bond donors (Lipinski definition) is 0. The summed E-state index contributed by atoms with van der Waals surface area (Å²) in [7, 11) is 0. The van der Waals surface area contributed by atoms with E-state index in [0.29, 0.717) is 0 Å². The number of allylic oxidation sites excluding steroid dienone is 1. The Morgan fingerprint density at radius 3 is 2.14 bits per heavy atom. The molecular weight excluding hydrogens is 270 g/mol. The Bertz CT molecular complexity index is 383. The molecule has 1 atom stereocenters. The van der Waals surface area contributed by atoms with E-state index in [-0.39, 0.29) is 6.10 Å². The first-order valence-corrected chi connectivity index (χ1v) is 8.60. The number of ether oxygens (including phenoxy) is 1. The third-order valence-electron chi connectivity index (χ3n) is 2.41. The second-order valence-electron chi connectivity index (χ2n) is 3.77. The lowest BCUT2D eigenvalue weighted by molar-refractivity contribution is 0.218. The smallest absolute Gasteiger partial charge is 0.145 e. The summed E-state index contributed by atoms with van der Waals surface area (Å²) >= 11 is 0. The van der Waals surface area contributed by atoms with Crippen molar-refractivity contribution in [2.24, 2.45) is 4.99 Å². The zero-order valence-corrected chi connectivity index (χ0v) is 16.2. The normalized spacial score (nSPS) is 10.0. The summed E-state index contributed by atoms with van der Waals surface area (Å²) in [4.78, 5) is 4.34. The topological polar surface area (TPSA) is 21.6 Å². The van der Waals surface area contributed by atoms with Crippen LogP contribution in [0.2, 0.25) is 0 Å². The second kappa shape index (κ2) is 19.4. The van der Waals surface area contributed by atoms with Gasteiger partial charge in [-0.25, -0.2) is 0 Å². The number of nitrogens with zero attached hydrogens (tertiary/aromatic N) is 1. The van der Waals surface area contributed by atoms with E-state index in [9.17, 15) is 0 Å². The Morgan fingerprint density at radius 1 is 1.14 bits per heavy atom. The summed E-state index contributed by atoms with van der Waals surface area (Å²) in [6.07, 6.45) is 4.54. The highest BCUT2D eigenvalue weighted by molar-refractivity contribution is 5.76. The van der Waals surface area contributed by atoms with Crippen molar-refractivity contribution in [2.75, 3.05) is 0 Å². The Balaban J connectivity index is -0.000000535. The maximum atomic E-state index is 5.82. The molecule has 0 N–H and O–H groups in total. The molecule has 0 aliphatic carbocycles. The molecule has 0 fully saturated rings. The number of aryl methyl sites for hydroxylation is 1. The molecule has 2 nitrogen and oxygen atoms in total. The molecule has 1 aromatic rings. The largest absolute Gasteiger partial charge is 0.488 e. The fourth-order valence-electron chi connectivity index (χ4n) is 1.32. The van der Waals surface area contributed by atoms with Crippen LogP contribution < -0.4 is 4.74 Å². The lowest BCUT2D eigenvalue weighted by Gasteiger charge is -2.15. The van der Waals surface area contributed by atoms with Crippen molar-refractivity contribution in [1.82, 2.24) is 0 Å². The molecule has 22 heavy (non-hydrogen) atoms. The Labute approximate surface area is 139 Å². The standard InChI is InChI=1S/C14H19NO.3C2H6/c1-5-10-15-14-11(3)8-7-9-13(14)16-12(4)6-2;3*1-2/h5,7-10,12H,1,6H2,2-4H3;3*1-2H3. The predicted molar refractivity (Wildman–Crippen MR) is 104 cm³/mol. The lowest BCUT2D eigenvalue weighted by atomic mass is 10.2. The molecule has 0 radical (unpaired) electrons. The fourth-order valence-corrected chi connectivity index (χ4v) is 1.32. The van der Waals surface area contributed by atoms with Crippen LogP contribution in [0, 0.1) is 6.92 Å². The molecule has 2 heteroatoms. The van der Waals surface area contributed by atoms with Crippen LogP contribution in [0.15, 0.2) is 35.8 Å². The van der Waals surface area contributed by atoms with Gasteiger partial charge in [0.2, 0.25) is 0 Å². The highest BCUT2D eigenvalue weighted by Crippen LogP contribution is 2.31. The quantitative estimate of drug-likeness (QED) is 0.530. The fraction of sp³-hybridized carbons (Fsp3) is 0.550. The monoisotopic (exact) mass is 307 g/mol. The van der Waals surface area contributed by atoms with Gasteiger partial charge in [0.1, 0.15) is 11.4 Å². The van der Waals surface area contributed by atoms with Gasteiger partial charge in [-0.1, -0.05) is 73.3 Å². The summed E-state index contributed by atoms with van der Waals surface area (Å²) in [5, 5.41) is 0. The summed E-state index contributed by atoms with van der Waals surface area (Å²) in [6, 6.07) is 5.97. The van der Waals surface area contributed by atoms with Crippen LogP contribution in [0.4, 0.5) is 5.69 Å². The van der Waals surface area contributed by atoms with E-state index in [2.05, 4.69) is 25.4 Å². The van der Waals surface area contributed by atoms with Crippen LogP contribution in [-0.4, -0.2) is 12.3 Å². The SMILES string of the molecule is C=CC=Nc1c(C)cccc1OC(C)CC.CC.CC.CC. The highest BCUT2D eigenvalue weighted by Gasteiger charge is 2.07. The Hall–Kier alpha value is -1.57.